The van der Waals surface area contributed by atoms with Gasteiger partial charge in [-0.05, 0) is 35.2 Å². The molecule has 2 aromatic carbocycles. The highest BCUT2D eigenvalue weighted by Gasteiger charge is 2.03. The molecule has 0 atom stereocenters. The Balaban J connectivity index is 2.16. The first-order valence-electron chi connectivity index (χ1n) is 5.31. The average Bonchev–Trinajstić information content (AvgIpc) is 2.35. The Hall–Kier alpha value is -1.74. The molecular weight excluding hydrogens is 222 g/mol. The molecule has 0 saturated heterocycles. The van der Waals surface area contributed by atoms with Gasteiger partial charge >= 0.3 is 0 Å². The summed E-state index contributed by atoms with van der Waals surface area (Å²) in [7, 11) is 0. The predicted octanol–water partition coefficient (Wildman–Crippen LogP) is 3.05. The number of aliphatic hydroxyl groups excluding tert-OH is 1. The molecule has 88 valence electrons. The fourth-order valence-corrected chi connectivity index (χ4v) is 1.65. The van der Waals surface area contributed by atoms with Gasteiger partial charge in [0, 0.05) is 0 Å². The minimum atomic E-state index is -0.829. The maximum Gasteiger partial charge on any atom is 0.159 e. The molecule has 1 nitrogen and oxygen atoms in total. The molecule has 1 N–H and O–H groups in total. The molecule has 0 aliphatic heterocycles. The van der Waals surface area contributed by atoms with Crippen LogP contribution in [0, 0.1) is 11.6 Å². The number of halogens is 2. The van der Waals surface area contributed by atoms with Crippen LogP contribution in [0.4, 0.5) is 8.78 Å². The van der Waals surface area contributed by atoms with E-state index in [1.807, 2.05) is 24.3 Å². The summed E-state index contributed by atoms with van der Waals surface area (Å²) in [5.41, 5.74) is 2.55. The molecular formula is C14H12F2O. The fraction of sp³-hybridized carbons (Fsp3) is 0.143. The Morgan fingerprint density at radius 3 is 1.94 bits per heavy atom. The van der Waals surface area contributed by atoms with Gasteiger partial charge in [0.25, 0.3) is 0 Å². The normalized spacial score (nSPS) is 10.5. The van der Waals surface area contributed by atoms with Gasteiger partial charge in [-0.2, -0.15) is 0 Å². The molecule has 2 aromatic rings. The van der Waals surface area contributed by atoms with Gasteiger partial charge in [-0.15, -0.1) is 0 Å². The lowest BCUT2D eigenvalue weighted by atomic mass is 10.0. The van der Waals surface area contributed by atoms with Crippen molar-refractivity contribution in [2.75, 3.05) is 0 Å². The van der Waals surface area contributed by atoms with E-state index < -0.39 is 11.6 Å². The number of rotatable bonds is 3. The number of hydrogen-bond donors (Lipinski definition) is 1. The summed E-state index contributed by atoms with van der Waals surface area (Å²) < 4.78 is 25.7. The molecule has 0 aliphatic rings. The van der Waals surface area contributed by atoms with Gasteiger partial charge in [0.05, 0.1) is 6.61 Å². The van der Waals surface area contributed by atoms with Crippen LogP contribution in [0.1, 0.15) is 16.7 Å². The topological polar surface area (TPSA) is 20.2 Å². The molecule has 0 heterocycles. The summed E-state index contributed by atoms with van der Waals surface area (Å²) in [6.07, 6.45) is 0.545. The third-order valence-corrected chi connectivity index (χ3v) is 2.60. The van der Waals surface area contributed by atoms with Crippen LogP contribution in [-0.2, 0) is 13.0 Å². The van der Waals surface area contributed by atoms with E-state index in [-0.39, 0.29) is 6.61 Å². The SMILES string of the molecule is OCc1ccc(Cc2ccc(F)c(F)c2)cc1. The van der Waals surface area contributed by atoms with Crippen molar-refractivity contribution < 1.29 is 13.9 Å². The third-order valence-electron chi connectivity index (χ3n) is 2.60. The van der Waals surface area contributed by atoms with Crippen LogP contribution in [0.2, 0.25) is 0 Å². The van der Waals surface area contributed by atoms with Crippen molar-refractivity contribution in [1.82, 2.24) is 0 Å². The summed E-state index contributed by atoms with van der Waals surface area (Å²) in [5, 5.41) is 8.89. The summed E-state index contributed by atoms with van der Waals surface area (Å²) in [6.45, 7) is 0.00541. The summed E-state index contributed by atoms with van der Waals surface area (Å²) >= 11 is 0. The van der Waals surface area contributed by atoms with E-state index in [9.17, 15) is 8.78 Å². The lowest BCUT2D eigenvalue weighted by molar-refractivity contribution is 0.282. The maximum absolute atomic E-state index is 13.0. The van der Waals surface area contributed by atoms with Gasteiger partial charge in [-0.3, -0.25) is 0 Å². The molecule has 0 bridgehead atoms. The first-order chi connectivity index (χ1) is 8.19. The lowest BCUT2D eigenvalue weighted by Crippen LogP contribution is -1.92. The Morgan fingerprint density at radius 2 is 1.35 bits per heavy atom. The minimum absolute atomic E-state index is 0.00541. The second kappa shape index (κ2) is 5.06. The van der Waals surface area contributed by atoms with Crippen LogP contribution in [0.15, 0.2) is 42.5 Å². The maximum atomic E-state index is 13.0. The largest absolute Gasteiger partial charge is 0.392 e. The highest BCUT2D eigenvalue weighted by Crippen LogP contribution is 2.14. The van der Waals surface area contributed by atoms with E-state index in [1.54, 1.807) is 6.07 Å². The highest BCUT2D eigenvalue weighted by atomic mass is 19.2. The van der Waals surface area contributed by atoms with Gasteiger partial charge in [-0.25, -0.2) is 8.78 Å². The molecule has 0 radical (unpaired) electrons. The molecule has 17 heavy (non-hydrogen) atoms. The van der Waals surface area contributed by atoms with Crippen molar-refractivity contribution in [2.24, 2.45) is 0 Å². The van der Waals surface area contributed by atoms with Crippen molar-refractivity contribution >= 4 is 0 Å². The second-order valence-electron chi connectivity index (χ2n) is 3.90. The van der Waals surface area contributed by atoms with Crippen molar-refractivity contribution in [1.29, 1.82) is 0 Å². The van der Waals surface area contributed by atoms with E-state index in [0.29, 0.717) is 6.42 Å². The smallest absolute Gasteiger partial charge is 0.159 e. The van der Waals surface area contributed by atoms with Crippen LogP contribution >= 0.6 is 0 Å². The molecule has 3 heteroatoms. The lowest BCUT2D eigenvalue weighted by Gasteiger charge is -2.04. The zero-order valence-corrected chi connectivity index (χ0v) is 9.16. The monoisotopic (exact) mass is 234 g/mol. The summed E-state index contributed by atoms with van der Waals surface area (Å²) in [6, 6.07) is 11.3. The van der Waals surface area contributed by atoms with Gasteiger partial charge in [0.2, 0.25) is 0 Å². The van der Waals surface area contributed by atoms with Gasteiger partial charge in [-0.1, -0.05) is 30.3 Å². The molecule has 0 fully saturated rings. The average molecular weight is 234 g/mol. The third kappa shape index (κ3) is 2.88. The molecule has 0 saturated carbocycles. The van der Waals surface area contributed by atoms with Crippen molar-refractivity contribution in [2.45, 2.75) is 13.0 Å². The molecule has 0 aliphatic carbocycles. The second-order valence-corrected chi connectivity index (χ2v) is 3.90. The van der Waals surface area contributed by atoms with Gasteiger partial charge in [0.15, 0.2) is 11.6 Å². The number of hydrogen-bond acceptors (Lipinski definition) is 1. The van der Waals surface area contributed by atoms with Crippen molar-refractivity contribution in [3.8, 4) is 0 Å². The van der Waals surface area contributed by atoms with Crippen LogP contribution in [0.5, 0.6) is 0 Å². The highest BCUT2D eigenvalue weighted by molar-refractivity contribution is 5.29. The Kier molecular flexibility index (Phi) is 3.49. The quantitative estimate of drug-likeness (QED) is 0.865. The summed E-state index contributed by atoms with van der Waals surface area (Å²) in [4.78, 5) is 0. The zero-order valence-electron chi connectivity index (χ0n) is 9.16. The van der Waals surface area contributed by atoms with E-state index in [0.717, 1.165) is 22.8 Å². The van der Waals surface area contributed by atoms with Crippen molar-refractivity contribution in [3.05, 3.63) is 70.8 Å². The number of aliphatic hydroxyl groups is 1. The molecule has 0 spiro atoms. The van der Waals surface area contributed by atoms with Gasteiger partial charge < -0.3 is 5.11 Å². The van der Waals surface area contributed by atoms with E-state index in [2.05, 4.69) is 0 Å². The number of benzene rings is 2. The van der Waals surface area contributed by atoms with Crippen LogP contribution in [-0.4, -0.2) is 5.11 Å². The minimum Gasteiger partial charge on any atom is -0.392 e. The fourth-order valence-electron chi connectivity index (χ4n) is 1.65. The molecule has 2 rings (SSSR count). The standard InChI is InChI=1S/C14H12F2O/c15-13-6-5-12(8-14(13)16)7-10-1-3-11(9-17)4-2-10/h1-6,8,17H,7,9H2. The molecule has 0 aromatic heterocycles. The van der Waals surface area contributed by atoms with Crippen LogP contribution in [0.25, 0.3) is 0 Å². The van der Waals surface area contributed by atoms with Crippen molar-refractivity contribution in [3.63, 3.8) is 0 Å². The first kappa shape index (κ1) is 11.7. The van der Waals surface area contributed by atoms with Crippen LogP contribution < -0.4 is 0 Å². The van der Waals surface area contributed by atoms with E-state index in [4.69, 9.17) is 5.11 Å². The Labute approximate surface area is 98.3 Å². The first-order valence-corrected chi connectivity index (χ1v) is 5.31. The van der Waals surface area contributed by atoms with Crippen LogP contribution in [0.3, 0.4) is 0 Å². The predicted molar refractivity (Wildman–Crippen MR) is 61.5 cm³/mol. The Morgan fingerprint density at radius 1 is 0.765 bits per heavy atom. The summed E-state index contributed by atoms with van der Waals surface area (Å²) in [5.74, 6) is -1.65. The zero-order chi connectivity index (χ0) is 12.3. The molecule has 0 unspecified atom stereocenters. The molecule has 0 amide bonds. The van der Waals surface area contributed by atoms with E-state index >= 15 is 0 Å². The van der Waals surface area contributed by atoms with Gasteiger partial charge in [0.1, 0.15) is 0 Å². The Bertz CT molecular complexity index is 506. The van der Waals surface area contributed by atoms with E-state index in [1.165, 1.54) is 6.07 Å².